The Kier molecular flexibility index (Phi) is 4.45. The van der Waals surface area contributed by atoms with Gasteiger partial charge in [0.1, 0.15) is 11.6 Å². The van der Waals surface area contributed by atoms with E-state index >= 15 is 0 Å². The highest BCUT2D eigenvalue weighted by Gasteiger charge is 2.19. The summed E-state index contributed by atoms with van der Waals surface area (Å²) in [4.78, 5) is 11.8. The molecule has 1 aromatic rings. The van der Waals surface area contributed by atoms with Gasteiger partial charge in [0.15, 0.2) is 5.78 Å². The Balaban J connectivity index is 1.95. The predicted octanol–water partition coefficient (Wildman–Crippen LogP) is 4.51. The number of rotatable bonds is 4. The van der Waals surface area contributed by atoms with Crippen molar-refractivity contribution in [3.8, 4) is 0 Å². The van der Waals surface area contributed by atoms with E-state index in [1.54, 1.807) is 0 Å². The van der Waals surface area contributed by atoms with Crippen molar-refractivity contribution in [1.29, 1.82) is 0 Å². The third-order valence-electron chi connectivity index (χ3n) is 3.75. The molecule has 98 valence electrons. The lowest BCUT2D eigenvalue weighted by atomic mass is 9.85. The van der Waals surface area contributed by atoms with Crippen LogP contribution in [0.4, 0.5) is 8.78 Å². The van der Waals surface area contributed by atoms with Crippen molar-refractivity contribution in [3.05, 3.63) is 35.4 Å². The van der Waals surface area contributed by atoms with E-state index in [9.17, 15) is 13.6 Å². The molecule has 0 aromatic heterocycles. The zero-order chi connectivity index (χ0) is 13.0. The molecule has 0 spiro atoms. The maximum absolute atomic E-state index is 13.4. The largest absolute Gasteiger partial charge is 0.294 e. The minimum absolute atomic E-state index is 0.252. The molecule has 2 rings (SSSR count). The van der Waals surface area contributed by atoms with E-state index in [2.05, 4.69) is 0 Å². The normalized spacial score (nSPS) is 16.8. The average molecular weight is 252 g/mol. The Morgan fingerprint density at radius 3 is 2.33 bits per heavy atom. The fourth-order valence-electron chi connectivity index (χ4n) is 2.70. The van der Waals surface area contributed by atoms with Crippen LogP contribution >= 0.6 is 0 Å². The minimum Gasteiger partial charge on any atom is -0.294 e. The van der Waals surface area contributed by atoms with Crippen LogP contribution in [-0.4, -0.2) is 5.78 Å². The standard InChI is InChI=1S/C15H18F2O/c16-12-7-4-8-13(17)15(12)14(18)10-9-11-5-2-1-3-6-11/h4,7-8,11H,1-3,5-6,9-10H2. The SMILES string of the molecule is O=C(CCC1CCCCC1)c1c(F)cccc1F. The molecule has 0 amide bonds. The molecule has 0 aliphatic heterocycles. The van der Waals surface area contributed by atoms with Crippen LogP contribution in [0.25, 0.3) is 0 Å². The van der Waals surface area contributed by atoms with Crippen LogP contribution in [-0.2, 0) is 0 Å². The van der Waals surface area contributed by atoms with E-state index in [1.807, 2.05) is 0 Å². The van der Waals surface area contributed by atoms with E-state index in [4.69, 9.17) is 0 Å². The van der Waals surface area contributed by atoms with Crippen LogP contribution in [0.3, 0.4) is 0 Å². The molecular formula is C15H18F2O. The van der Waals surface area contributed by atoms with Crippen LogP contribution in [0.5, 0.6) is 0 Å². The van der Waals surface area contributed by atoms with Gasteiger partial charge in [-0.3, -0.25) is 4.79 Å². The molecule has 1 aliphatic rings. The second kappa shape index (κ2) is 6.07. The summed E-state index contributed by atoms with van der Waals surface area (Å²) >= 11 is 0. The number of benzene rings is 1. The van der Waals surface area contributed by atoms with E-state index in [-0.39, 0.29) is 12.0 Å². The summed E-state index contributed by atoms with van der Waals surface area (Å²) < 4.78 is 26.8. The van der Waals surface area contributed by atoms with Crippen LogP contribution in [0.1, 0.15) is 55.3 Å². The van der Waals surface area contributed by atoms with Gasteiger partial charge in [0.05, 0.1) is 5.56 Å². The van der Waals surface area contributed by atoms with Gasteiger partial charge in [0.2, 0.25) is 0 Å². The predicted molar refractivity (Wildman–Crippen MR) is 66.5 cm³/mol. The van der Waals surface area contributed by atoms with E-state index in [1.165, 1.54) is 25.3 Å². The minimum atomic E-state index is -0.747. The molecule has 0 unspecified atom stereocenters. The Labute approximate surface area is 106 Å². The molecule has 0 saturated heterocycles. The number of hydrogen-bond acceptors (Lipinski definition) is 1. The highest BCUT2D eigenvalue weighted by atomic mass is 19.1. The number of halogens is 2. The van der Waals surface area contributed by atoms with Crippen molar-refractivity contribution in [1.82, 2.24) is 0 Å². The van der Waals surface area contributed by atoms with Crippen molar-refractivity contribution in [2.45, 2.75) is 44.9 Å². The summed E-state index contributed by atoms with van der Waals surface area (Å²) in [6.45, 7) is 0. The maximum atomic E-state index is 13.4. The molecule has 1 nitrogen and oxygen atoms in total. The monoisotopic (exact) mass is 252 g/mol. The van der Waals surface area contributed by atoms with Gasteiger partial charge in [-0.1, -0.05) is 38.2 Å². The summed E-state index contributed by atoms with van der Waals surface area (Å²) in [6.07, 6.45) is 7.00. The van der Waals surface area contributed by atoms with Crippen molar-refractivity contribution in [2.24, 2.45) is 5.92 Å². The summed E-state index contributed by atoms with van der Waals surface area (Å²) in [5.41, 5.74) is -0.367. The van der Waals surface area contributed by atoms with Gasteiger partial charge in [-0.15, -0.1) is 0 Å². The van der Waals surface area contributed by atoms with Crippen LogP contribution < -0.4 is 0 Å². The molecule has 1 fully saturated rings. The molecule has 0 N–H and O–H groups in total. The van der Waals surface area contributed by atoms with Gasteiger partial charge in [-0.05, 0) is 24.5 Å². The smallest absolute Gasteiger partial charge is 0.168 e. The molecular weight excluding hydrogens is 234 g/mol. The van der Waals surface area contributed by atoms with Gasteiger partial charge < -0.3 is 0 Å². The molecule has 1 aromatic carbocycles. The van der Waals surface area contributed by atoms with Crippen molar-refractivity contribution in [2.75, 3.05) is 0 Å². The zero-order valence-corrected chi connectivity index (χ0v) is 10.4. The molecule has 1 aliphatic carbocycles. The molecule has 1 saturated carbocycles. The molecule has 0 atom stereocenters. The van der Waals surface area contributed by atoms with Gasteiger partial charge in [-0.2, -0.15) is 0 Å². The van der Waals surface area contributed by atoms with Crippen molar-refractivity contribution < 1.29 is 13.6 Å². The first-order valence-corrected chi connectivity index (χ1v) is 6.65. The lowest BCUT2D eigenvalue weighted by Gasteiger charge is -2.20. The van der Waals surface area contributed by atoms with E-state index < -0.39 is 17.4 Å². The molecule has 0 radical (unpaired) electrons. The number of Topliss-reactive ketones (excluding diaryl/α,β-unsaturated/α-hetero) is 1. The van der Waals surface area contributed by atoms with Gasteiger partial charge in [-0.25, -0.2) is 8.78 Å². The molecule has 3 heteroatoms. The lowest BCUT2D eigenvalue weighted by molar-refractivity contribution is 0.0962. The second-order valence-corrected chi connectivity index (χ2v) is 5.06. The van der Waals surface area contributed by atoms with Crippen LogP contribution in [0.2, 0.25) is 0 Å². The van der Waals surface area contributed by atoms with Gasteiger partial charge >= 0.3 is 0 Å². The first-order chi connectivity index (χ1) is 8.68. The van der Waals surface area contributed by atoms with Gasteiger partial charge in [0, 0.05) is 6.42 Å². The second-order valence-electron chi connectivity index (χ2n) is 5.06. The highest BCUT2D eigenvalue weighted by Crippen LogP contribution is 2.28. The van der Waals surface area contributed by atoms with E-state index in [0.29, 0.717) is 5.92 Å². The number of carbonyl (C=O) groups is 1. The van der Waals surface area contributed by atoms with Crippen LogP contribution in [0.15, 0.2) is 18.2 Å². The van der Waals surface area contributed by atoms with Crippen LogP contribution in [0, 0.1) is 17.6 Å². The Bertz CT molecular complexity index is 402. The van der Waals surface area contributed by atoms with E-state index in [0.717, 1.165) is 31.4 Å². The fourth-order valence-corrected chi connectivity index (χ4v) is 2.70. The maximum Gasteiger partial charge on any atom is 0.168 e. The quantitative estimate of drug-likeness (QED) is 0.721. The molecule has 0 heterocycles. The van der Waals surface area contributed by atoms with Gasteiger partial charge in [0.25, 0.3) is 0 Å². The third-order valence-corrected chi connectivity index (χ3v) is 3.75. The molecule has 18 heavy (non-hydrogen) atoms. The average Bonchev–Trinajstić information content (AvgIpc) is 2.37. The fraction of sp³-hybridized carbons (Fsp3) is 0.533. The molecule has 0 bridgehead atoms. The Hall–Kier alpha value is -1.25. The summed E-state index contributed by atoms with van der Waals surface area (Å²) in [5, 5.41) is 0. The highest BCUT2D eigenvalue weighted by molar-refractivity contribution is 5.96. The van der Waals surface area contributed by atoms with Crippen molar-refractivity contribution >= 4 is 5.78 Å². The number of carbonyl (C=O) groups excluding carboxylic acids is 1. The first kappa shape index (κ1) is 13.2. The topological polar surface area (TPSA) is 17.1 Å². The number of hydrogen-bond donors (Lipinski definition) is 0. The Morgan fingerprint density at radius 1 is 1.11 bits per heavy atom. The lowest BCUT2D eigenvalue weighted by Crippen LogP contribution is -2.11. The summed E-state index contributed by atoms with van der Waals surface area (Å²) in [7, 11) is 0. The zero-order valence-electron chi connectivity index (χ0n) is 10.4. The first-order valence-electron chi connectivity index (χ1n) is 6.65. The summed E-state index contributed by atoms with van der Waals surface area (Å²) in [5.74, 6) is -1.35. The van der Waals surface area contributed by atoms with Crippen molar-refractivity contribution in [3.63, 3.8) is 0 Å². The Morgan fingerprint density at radius 2 is 1.72 bits per heavy atom. The summed E-state index contributed by atoms with van der Waals surface area (Å²) in [6, 6.07) is 3.55. The third kappa shape index (κ3) is 3.15. The number of ketones is 1.